The standard InChI is InChI=1S/C31H35N7O5/c1-5-25-31(43-24-10-8-9-21(17-24)33-26(39)6-2)36-30(28(35-25)29(32)41)34-20-11-13-22(14-12-20)38-16-15-37(4)23(18-38)19-42-27(40)7-3/h6-14,17,23H,2-3,5,15-16,18-19H2,1,4H3,(H2,32,41)(H,33,39)(H,34,36)/t23-/m0/s1. The fraction of sp³-hybridized carbons (Fsp3) is 0.258. The second-order valence-corrected chi connectivity index (χ2v) is 9.80. The number of nitrogens with one attached hydrogen (secondary N) is 2. The second kappa shape index (κ2) is 14.1. The number of piperazine rings is 1. The highest BCUT2D eigenvalue weighted by atomic mass is 16.5. The van der Waals surface area contributed by atoms with Crippen LogP contribution >= 0.6 is 0 Å². The Kier molecular flexibility index (Phi) is 10.1. The predicted molar refractivity (Wildman–Crippen MR) is 165 cm³/mol. The smallest absolute Gasteiger partial charge is 0.330 e. The lowest BCUT2D eigenvalue weighted by Gasteiger charge is -2.40. The number of hydrogen-bond acceptors (Lipinski definition) is 10. The molecule has 1 fully saturated rings. The minimum absolute atomic E-state index is 0.0174. The fourth-order valence-electron chi connectivity index (χ4n) is 4.46. The third-order valence-corrected chi connectivity index (χ3v) is 6.86. The summed E-state index contributed by atoms with van der Waals surface area (Å²) >= 11 is 0. The van der Waals surface area contributed by atoms with Gasteiger partial charge in [-0.25, -0.2) is 9.78 Å². The zero-order valence-corrected chi connectivity index (χ0v) is 24.2. The van der Waals surface area contributed by atoms with Gasteiger partial charge in [0.2, 0.25) is 11.8 Å². The highest BCUT2D eigenvalue weighted by molar-refractivity contribution is 5.99. The van der Waals surface area contributed by atoms with Crippen LogP contribution in [0.5, 0.6) is 11.6 Å². The van der Waals surface area contributed by atoms with Crippen molar-refractivity contribution in [3.05, 3.63) is 85.2 Å². The maximum Gasteiger partial charge on any atom is 0.330 e. The van der Waals surface area contributed by atoms with Crippen LogP contribution in [-0.2, 0) is 20.7 Å². The molecule has 2 amide bonds. The molecule has 2 heterocycles. The number of amides is 2. The molecule has 3 aromatic rings. The number of hydrogen-bond donors (Lipinski definition) is 3. The molecule has 12 heteroatoms. The van der Waals surface area contributed by atoms with E-state index in [2.05, 4.69) is 43.6 Å². The summed E-state index contributed by atoms with van der Waals surface area (Å²) < 4.78 is 11.3. The van der Waals surface area contributed by atoms with Gasteiger partial charge >= 0.3 is 5.97 Å². The van der Waals surface area contributed by atoms with Crippen LogP contribution in [0.15, 0.2) is 73.8 Å². The topological polar surface area (TPSA) is 152 Å². The van der Waals surface area contributed by atoms with Crippen molar-refractivity contribution in [2.75, 3.05) is 48.8 Å². The van der Waals surface area contributed by atoms with Gasteiger partial charge in [0.05, 0.1) is 6.04 Å². The number of carbonyl (C=O) groups excluding carboxylic acids is 3. The number of anilines is 4. The number of nitrogens with two attached hydrogens (primary N) is 1. The zero-order valence-electron chi connectivity index (χ0n) is 24.2. The van der Waals surface area contributed by atoms with Crippen LogP contribution < -0.4 is 26.0 Å². The van der Waals surface area contributed by atoms with E-state index in [4.69, 9.17) is 15.2 Å². The molecule has 2 aromatic carbocycles. The first-order valence-electron chi connectivity index (χ1n) is 13.7. The highest BCUT2D eigenvalue weighted by Gasteiger charge is 2.26. The van der Waals surface area contributed by atoms with E-state index >= 15 is 0 Å². The van der Waals surface area contributed by atoms with Crippen molar-refractivity contribution in [2.24, 2.45) is 5.73 Å². The van der Waals surface area contributed by atoms with Gasteiger partial charge in [-0.2, -0.15) is 4.98 Å². The van der Waals surface area contributed by atoms with Gasteiger partial charge in [-0.3, -0.25) is 14.5 Å². The molecule has 1 saturated heterocycles. The summed E-state index contributed by atoms with van der Waals surface area (Å²) in [5, 5.41) is 5.83. The molecule has 1 aromatic heterocycles. The first-order valence-corrected chi connectivity index (χ1v) is 13.7. The van der Waals surface area contributed by atoms with Crippen LogP contribution in [0.1, 0.15) is 23.1 Å². The molecule has 0 aliphatic carbocycles. The number of benzene rings is 2. The molecule has 1 aliphatic heterocycles. The summed E-state index contributed by atoms with van der Waals surface area (Å²) in [5.74, 6) is -0.770. The number of esters is 1. The number of carbonyl (C=O) groups is 3. The Morgan fingerprint density at radius 2 is 1.84 bits per heavy atom. The number of nitrogens with zero attached hydrogens (tertiary/aromatic N) is 4. The highest BCUT2D eigenvalue weighted by Crippen LogP contribution is 2.30. The Balaban J connectivity index is 1.53. The average molecular weight is 586 g/mol. The largest absolute Gasteiger partial charge is 0.461 e. The van der Waals surface area contributed by atoms with Crippen LogP contribution in [0.3, 0.4) is 0 Å². The molecular formula is C31H35N7O5. The van der Waals surface area contributed by atoms with Crippen molar-refractivity contribution in [3.63, 3.8) is 0 Å². The molecule has 0 radical (unpaired) electrons. The summed E-state index contributed by atoms with van der Waals surface area (Å²) in [7, 11) is 2.01. The second-order valence-electron chi connectivity index (χ2n) is 9.80. The lowest BCUT2D eigenvalue weighted by Crippen LogP contribution is -2.53. The van der Waals surface area contributed by atoms with E-state index in [0.29, 0.717) is 35.8 Å². The van der Waals surface area contributed by atoms with Gasteiger partial charge in [0.1, 0.15) is 18.1 Å². The van der Waals surface area contributed by atoms with Gasteiger partial charge < -0.3 is 30.7 Å². The Hall–Kier alpha value is -5.23. The van der Waals surface area contributed by atoms with Crippen LogP contribution in [-0.4, -0.2) is 72.0 Å². The Morgan fingerprint density at radius 1 is 1.07 bits per heavy atom. The Morgan fingerprint density at radius 3 is 2.51 bits per heavy atom. The summed E-state index contributed by atoms with van der Waals surface area (Å²) in [4.78, 5) is 48.9. The molecular weight excluding hydrogens is 550 g/mol. The van der Waals surface area contributed by atoms with Crippen LogP contribution in [0.2, 0.25) is 0 Å². The van der Waals surface area contributed by atoms with Crippen LogP contribution in [0, 0.1) is 0 Å². The molecule has 0 spiro atoms. The van der Waals surface area contributed by atoms with E-state index in [1.807, 2.05) is 38.2 Å². The maximum atomic E-state index is 12.3. The molecule has 224 valence electrons. The van der Waals surface area contributed by atoms with Crippen molar-refractivity contribution < 1.29 is 23.9 Å². The summed E-state index contributed by atoms with van der Waals surface area (Å²) in [6.45, 7) is 11.3. The third-order valence-electron chi connectivity index (χ3n) is 6.86. The van der Waals surface area contributed by atoms with Crippen molar-refractivity contribution in [1.29, 1.82) is 0 Å². The van der Waals surface area contributed by atoms with E-state index in [-0.39, 0.29) is 35.9 Å². The minimum atomic E-state index is -0.734. The molecule has 43 heavy (non-hydrogen) atoms. The van der Waals surface area contributed by atoms with E-state index < -0.39 is 11.9 Å². The first-order chi connectivity index (χ1) is 20.7. The van der Waals surface area contributed by atoms with Crippen molar-refractivity contribution in [2.45, 2.75) is 19.4 Å². The normalized spacial score (nSPS) is 14.8. The van der Waals surface area contributed by atoms with Gasteiger partial charge in [0.25, 0.3) is 5.91 Å². The number of aromatic nitrogens is 2. The van der Waals surface area contributed by atoms with Gasteiger partial charge in [0.15, 0.2) is 11.5 Å². The molecule has 0 saturated carbocycles. The summed E-state index contributed by atoms with van der Waals surface area (Å²) in [5.41, 5.74) is 8.25. The fourth-order valence-corrected chi connectivity index (χ4v) is 4.46. The molecule has 0 bridgehead atoms. The molecule has 4 N–H and O–H groups in total. The number of ether oxygens (including phenoxy) is 2. The Bertz CT molecular complexity index is 1510. The van der Waals surface area contributed by atoms with E-state index in [1.54, 1.807) is 24.3 Å². The zero-order chi connectivity index (χ0) is 30.9. The average Bonchev–Trinajstić information content (AvgIpc) is 3.01. The SMILES string of the molecule is C=CC(=O)Nc1cccc(Oc2nc(Nc3ccc(N4CCN(C)[C@H](COC(=O)C=C)C4)cc3)c(C(N)=O)nc2CC)c1. The van der Waals surface area contributed by atoms with Gasteiger partial charge in [-0.05, 0) is 55.9 Å². The quantitative estimate of drug-likeness (QED) is 0.212. The van der Waals surface area contributed by atoms with Gasteiger partial charge in [0, 0.05) is 48.8 Å². The van der Waals surface area contributed by atoms with E-state index in [9.17, 15) is 14.4 Å². The maximum absolute atomic E-state index is 12.3. The van der Waals surface area contributed by atoms with Gasteiger partial charge in [-0.1, -0.05) is 26.1 Å². The Labute approximate surface area is 250 Å². The van der Waals surface area contributed by atoms with Crippen molar-refractivity contribution >= 4 is 40.7 Å². The van der Waals surface area contributed by atoms with E-state index in [0.717, 1.165) is 24.9 Å². The predicted octanol–water partition coefficient (Wildman–Crippen LogP) is 3.65. The minimum Gasteiger partial charge on any atom is -0.461 e. The molecule has 0 unspecified atom stereocenters. The molecule has 1 atom stereocenters. The van der Waals surface area contributed by atoms with Crippen LogP contribution in [0.4, 0.5) is 22.9 Å². The molecule has 1 aliphatic rings. The summed E-state index contributed by atoms with van der Waals surface area (Å²) in [6, 6.07) is 14.5. The molecule has 12 nitrogen and oxygen atoms in total. The first kappa shape index (κ1) is 30.7. The van der Waals surface area contributed by atoms with Crippen LogP contribution in [0.25, 0.3) is 0 Å². The number of likely N-dealkylation sites (N-methyl/N-ethyl adjacent to an activating group) is 1. The lowest BCUT2D eigenvalue weighted by atomic mass is 10.1. The number of aryl methyl sites for hydroxylation is 1. The van der Waals surface area contributed by atoms with Crippen molar-refractivity contribution in [3.8, 4) is 11.6 Å². The molecule has 4 rings (SSSR count). The monoisotopic (exact) mass is 585 g/mol. The van der Waals surface area contributed by atoms with Crippen molar-refractivity contribution in [1.82, 2.24) is 14.9 Å². The lowest BCUT2D eigenvalue weighted by molar-refractivity contribution is -0.139. The van der Waals surface area contributed by atoms with Gasteiger partial charge in [-0.15, -0.1) is 0 Å². The van der Waals surface area contributed by atoms with E-state index in [1.165, 1.54) is 6.08 Å². The number of rotatable bonds is 12. The summed E-state index contributed by atoms with van der Waals surface area (Å²) in [6.07, 6.45) is 2.77. The number of primary amides is 1. The third kappa shape index (κ3) is 7.95.